The Labute approximate surface area is 138 Å². The van der Waals surface area contributed by atoms with E-state index in [1.807, 2.05) is 6.07 Å². The molecule has 0 saturated heterocycles. The lowest BCUT2D eigenvalue weighted by atomic mass is 10.1. The van der Waals surface area contributed by atoms with Crippen LogP contribution >= 0.6 is 23.2 Å². The summed E-state index contributed by atoms with van der Waals surface area (Å²) in [6, 6.07) is 12.4. The average Bonchev–Trinajstić information content (AvgIpc) is 2.50. The molecule has 0 bridgehead atoms. The van der Waals surface area contributed by atoms with Crippen molar-refractivity contribution in [2.45, 2.75) is 6.42 Å². The third kappa shape index (κ3) is 4.23. The maximum Gasteiger partial charge on any atom is 0.310 e. The molecular weight excluding hydrogens is 325 g/mol. The zero-order valence-corrected chi connectivity index (χ0v) is 12.9. The molecule has 0 aliphatic carbocycles. The number of ether oxygens (including phenoxy) is 1. The smallest absolute Gasteiger partial charge is 0.310 e. The largest absolute Gasteiger partial charge is 0.457 e. The number of halogens is 2. The normalized spacial score (nSPS) is 10.1. The van der Waals surface area contributed by atoms with E-state index in [0.29, 0.717) is 27.0 Å². The summed E-state index contributed by atoms with van der Waals surface area (Å²) in [5.74, 6) is -0.511. The van der Waals surface area contributed by atoms with Crippen molar-refractivity contribution < 1.29 is 14.3 Å². The van der Waals surface area contributed by atoms with Gasteiger partial charge in [0.15, 0.2) is 6.61 Å². The first-order valence-electron chi connectivity index (χ1n) is 6.41. The third-order valence-corrected chi connectivity index (χ3v) is 3.50. The zero-order chi connectivity index (χ0) is 15.9. The van der Waals surface area contributed by atoms with E-state index in [4.69, 9.17) is 27.9 Å². The fraction of sp³-hybridized carbons (Fsp3) is 0.125. The topological polar surface area (TPSA) is 55.4 Å². The highest BCUT2D eigenvalue weighted by Crippen LogP contribution is 2.33. The molecule has 1 N–H and O–H groups in total. The number of rotatable bonds is 6. The van der Waals surface area contributed by atoms with Crippen LogP contribution in [0.15, 0.2) is 42.5 Å². The van der Waals surface area contributed by atoms with E-state index in [9.17, 15) is 9.59 Å². The number of hydrogen-bond acceptors (Lipinski definition) is 4. The van der Waals surface area contributed by atoms with Crippen LogP contribution in [0.25, 0.3) is 0 Å². The quantitative estimate of drug-likeness (QED) is 0.812. The first-order chi connectivity index (χ1) is 10.6. The zero-order valence-electron chi connectivity index (χ0n) is 11.4. The summed E-state index contributed by atoms with van der Waals surface area (Å²) in [7, 11) is 0. The van der Waals surface area contributed by atoms with Crippen molar-refractivity contribution in [3.05, 3.63) is 58.1 Å². The molecule has 0 atom stereocenters. The second-order valence-electron chi connectivity index (χ2n) is 4.36. The predicted molar refractivity (Wildman–Crippen MR) is 86.5 cm³/mol. The number of nitrogens with one attached hydrogen (secondary N) is 1. The first-order valence-corrected chi connectivity index (χ1v) is 7.17. The number of hydrogen-bond donors (Lipinski definition) is 1. The maximum absolute atomic E-state index is 11.6. The van der Waals surface area contributed by atoms with Crippen molar-refractivity contribution in [1.82, 2.24) is 0 Å². The lowest BCUT2D eigenvalue weighted by Crippen LogP contribution is -2.10. The van der Waals surface area contributed by atoms with Gasteiger partial charge in [-0.2, -0.15) is 0 Å². The van der Waals surface area contributed by atoms with Crippen LogP contribution in [0.5, 0.6) is 0 Å². The molecule has 0 aliphatic rings. The Balaban J connectivity index is 2.21. The molecule has 0 aromatic heterocycles. The molecule has 6 heteroatoms. The van der Waals surface area contributed by atoms with Crippen LogP contribution in [0, 0.1) is 0 Å². The van der Waals surface area contributed by atoms with Crippen LogP contribution in [-0.4, -0.2) is 18.9 Å². The fourth-order valence-electron chi connectivity index (χ4n) is 1.86. The van der Waals surface area contributed by atoms with E-state index < -0.39 is 5.97 Å². The van der Waals surface area contributed by atoms with Gasteiger partial charge in [-0.25, -0.2) is 0 Å². The van der Waals surface area contributed by atoms with E-state index in [1.54, 1.807) is 36.4 Å². The molecule has 2 aromatic carbocycles. The van der Waals surface area contributed by atoms with Crippen molar-refractivity contribution in [3.8, 4) is 0 Å². The van der Waals surface area contributed by atoms with Crippen LogP contribution in [0.3, 0.4) is 0 Å². The molecule has 0 heterocycles. The monoisotopic (exact) mass is 336 g/mol. The highest BCUT2D eigenvalue weighted by Gasteiger charge is 2.11. The Morgan fingerprint density at radius 3 is 2.45 bits per heavy atom. The molecule has 22 heavy (non-hydrogen) atoms. The SMILES string of the molecule is O=[C]COC(=O)Cc1ccccc1Nc1c(Cl)cccc1Cl. The second-order valence-corrected chi connectivity index (χ2v) is 5.18. The van der Waals surface area contributed by atoms with E-state index in [1.165, 1.54) is 6.29 Å². The summed E-state index contributed by atoms with van der Waals surface area (Å²) in [6.45, 7) is -0.370. The van der Waals surface area contributed by atoms with Crippen LogP contribution in [0.1, 0.15) is 5.56 Å². The molecule has 113 valence electrons. The van der Waals surface area contributed by atoms with E-state index in [-0.39, 0.29) is 13.0 Å². The summed E-state index contributed by atoms with van der Waals surface area (Å²) < 4.78 is 4.71. The van der Waals surface area contributed by atoms with Crippen molar-refractivity contribution in [1.29, 1.82) is 0 Å². The van der Waals surface area contributed by atoms with E-state index in [2.05, 4.69) is 5.32 Å². The number of esters is 1. The molecule has 0 spiro atoms. The summed E-state index contributed by atoms with van der Waals surface area (Å²) >= 11 is 12.2. The minimum Gasteiger partial charge on any atom is -0.457 e. The van der Waals surface area contributed by atoms with Gasteiger partial charge in [-0.15, -0.1) is 0 Å². The Hall–Kier alpha value is -2.04. The molecule has 2 aromatic rings. The molecule has 0 unspecified atom stereocenters. The highest BCUT2D eigenvalue weighted by molar-refractivity contribution is 6.39. The van der Waals surface area contributed by atoms with Crippen LogP contribution in [-0.2, 0) is 20.7 Å². The van der Waals surface area contributed by atoms with Crippen molar-refractivity contribution in [3.63, 3.8) is 0 Å². The molecule has 2 rings (SSSR count). The van der Waals surface area contributed by atoms with E-state index in [0.717, 1.165) is 0 Å². The van der Waals surface area contributed by atoms with Gasteiger partial charge in [0.05, 0.1) is 22.2 Å². The molecule has 4 nitrogen and oxygen atoms in total. The van der Waals surface area contributed by atoms with Crippen LogP contribution < -0.4 is 5.32 Å². The summed E-state index contributed by atoms with van der Waals surface area (Å²) in [5.41, 5.74) is 1.95. The lowest BCUT2D eigenvalue weighted by Gasteiger charge is -2.14. The van der Waals surface area contributed by atoms with Gasteiger partial charge in [0, 0.05) is 5.69 Å². The summed E-state index contributed by atoms with van der Waals surface area (Å²) in [6.07, 6.45) is 1.53. The fourth-order valence-corrected chi connectivity index (χ4v) is 2.36. The van der Waals surface area contributed by atoms with Gasteiger partial charge in [-0.3, -0.25) is 9.59 Å². The molecule has 0 amide bonds. The number of benzene rings is 2. The summed E-state index contributed by atoms with van der Waals surface area (Å²) in [5, 5.41) is 4.07. The summed E-state index contributed by atoms with van der Waals surface area (Å²) in [4.78, 5) is 21.7. The van der Waals surface area contributed by atoms with Crippen molar-refractivity contribution in [2.75, 3.05) is 11.9 Å². The molecule has 0 aliphatic heterocycles. The number of carbonyl (C=O) groups is 1. The first kappa shape index (κ1) is 16.3. The van der Waals surface area contributed by atoms with Gasteiger partial charge in [-0.05, 0) is 23.8 Å². The van der Waals surface area contributed by atoms with Gasteiger partial charge in [0.25, 0.3) is 0 Å². The minimum absolute atomic E-state index is 0.0208. The molecule has 1 radical (unpaired) electrons. The Morgan fingerprint density at radius 2 is 1.77 bits per heavy atom. The van der Waals surface area contributed by atoms with Crippen LogP contribution in [0.4, 0.5) is 11.4 Å². The number of anilines is 2. The van der Waals surface area contributed by atoms with Gasteiger partial charge in [0.2, 0.25) is 6.29 Å². The van der Waals surface area contributed by atoms with E-state index >= 15 is 0 Å². The number of para-hydroxylation sites is 2. The van der Waals surface area contributed by atoms with Crippen LogP contribution in [0.2, 0.25) is 10.0 Å². The van der Waals surface area contributed by atoms with Gasteiger partial charge >= 0.3 is 5.97 Å². The second kappa shape index (κ2) is 7.82. The lowest BCUT2D eigenvalue weighted by molar-refractivity contribution is -0.141. The molecule has 0 saturated carbocycles. The predicted octanol–water partition coefficient (Wildman–Crippen LogP) is 3.93. The van der Waals surface area contributed by atoms with Gasteiger partial charge < -0.3 is 10.1 Å². The highest BCUT2D eigenvalue weighted by atomic mass is 35.5. The average molecular weight is 337 g/mol. The number of carbonyl (C=O) groups excluding carboxylic acids is 2. The minimum atomic E-state index is -0.511. The van der Waals surface area contributed by atoms with Crippen molar-refractivity contribution in [2.24, 2.45) is 0 Å². The standard InChI is InChI=1S/C16H12Cl2NO3/c17-12-5-3-6-13(18)16(12)19-14-7-2-1-4-11(14)10-15(21)22-9-8-20/h1-7,19H,9-10H2. The Morgan fingerprint density at radius 1 is 1.09 bits per heavy atom. The Kier molecular flexibility index (Phi) is 5.81. The Bertz CT molecular complexity index is 669. The maximum atomic E-state index is 11.6. The third-order valence-electron chi connectivity index (χ3n) is 2.87. The molecule has 0 fully saturated rings. The molecular formula is C16H12Cl2NO3. The van der Waals surface area contributed by atoms with Gasteiger partial charge in [-0.1, -0.05) is 47.5 Å². The van der Waals surface area contributed by atoms with Crippen molar-refractivity contribution >= 4 is 46.8 Å². The van der Waals surface area contributed by atoms with Gasteiger partial charge in [0.1, 0.15) is 0 Å².